The van der Waals surface area contributed by atoms with Crippen molar-refractivity contribution in [3.05, 3.63) is 29.8 Å². The number of benzene rings is 1. The van der Waals surface area contributed by atoms with Gasteiger partial charge in [0.15, 0.2) is 0 Å². The molecule has 1 heterocycles. The van der Waals surface area contributed by atoms with Crippen LogP contribution in [0.2, 0.25) is 0 Å². The van der Waals surface area contributed by atoms with Gasteiger partial charge in [-0.05, 0) is 49.5 Å². The van der Waals surface area contributed by atoms with Crippen LogP contribution in [0.15, 0.2) is 24.3 Å². The van der Waals surface area contributed by atoms with Crippen LogP contribution in [0.25, 0.3) is 0 Å². The number of carbonyl (C=O) groups excluding carboxylic acids is 3. The Balaban J connectivity index is 1.72. The van der Waals surface area contributed by atoms with Gasteiger partial charge >= 0.3 is 5.97 Å². The summed E-state index contributed by atoms with van der Waals surface area (Å²) in [6, 6.07) is 7.12. The third kappa shape index (κ3) is 6.93. The molecule has 1 unspecified atom stereocenters. The number of methoxy groups -OCH3 is 1. The fraction of sp³-hybridized carbons (Fsp3) is 0.500. The van der Waals surface area contributed by atoms with E-state index in [9.17, 15) is 14.4 Å². The van der Waals surface area contributed by atoms with Crippen LogP contribution in [0, 0.1) is 5.92 Å². The number of hydrogen-bond acceptors (Lipinski definition) is 5. The Morgan fingerprint density at radius 3 is 2.60 bits per heavy atom. The van der Waals surface area contributed by atoms with Crippen molar-refractivity contribution < 1.29 is 19.1 Å². The van der Waals surface area contributed by atoms with E-state index in [0.29, 0.717) is 18.0 Å². The zero-order valence-electron chi connectivity index (χ0n) is 14.5. The van der Waals surface area contributed by atoms with Gasteiger partial charge in [0.2, 0.25) is 11.8 Å². The number of hydrogen-bond donors (Lipinski definition) is 3. The minimum atomic E-state index is -0.486. The molecule has 0 spiro atoms. The molecule has 7 heteroatoms. The minimum Gasteiger partial charge on any atom is -0.468 e. The first-order valence-electron chi connectivity index (χ1n) is 8.50. The first-order valence-corrected chi connectivity index (χ1v) is 8.50. The van der Waals surface area contributed by atoms with Crippen molar-refractivity contribution in [1.29, 1.82) is 0 Å². The van der Waals surface area contributed by atoms with Crippen LogP contribution in [-0.4, -0.2) is 44.5 Å². The molecule has 0 saturated carbocycles. The highest BCUT2D eigenvalue weighted by atomic mass is 16.5. The number of carbonyl (C=O) groups is 3. The molecule has 0 radical (unpaired) electrons. The van der Waals surface area contributed by atoms with Crippen molar-refractivity contribution >= 4 is 23.5 Å². The molecule has 7 nitrogen and oxygen atoms in total. The lowest BCUT2D eigenvalue weighted by atomic mass is 10.0. The van der Waals surface area contributed by atoms with Crippen LogP contribution in [0.5, 0.6) is 0 Å². The van der Waals surface area contributed by atoms with Gasteiger partial charge in [0.25, 0.3) is 0 Å². The van der Waals surface area contributed by atoms with Crippen molar-refractivity contribution in [3.63, 3.8) is 0 Å². The van der Waals surface area contributed by atoms with Crippen molar-refractivity contribution in [2.24, 2.45) is 5.92 Å². The highest BCUT2D eigenvalue weighted by Crippen LogP contribution is 2.16. The Morgan fingerprint density at radius 1 is 1.20 bits per heavy atom. The molecule has 1 aromatic carbocycles. The molecule has 2 rings (SSSR count). The maximum atomic E-state index is 12.0. The first-order chi connectivity index (χ1) is 12.1. The number of esters is 1. The van der Waals surface area contributed by atoms with Crippen LogP contribution >= 0.6 is 0 Å². The van der Waals surface area contributed by atoms with Crippen LogP contribution in [-0.2, 0) is 25.5 Å². The van der Waals surface area contributed by atoms with E-state index in [4.69, 9.17) is 0 Å². The summed E-state index contributed by atoms with van der Waals surface area (Å²) in [6.07, 6.45) is 2.72. The Morgan fingerprint density at radius 2 is 1.96 bits per heavy atom. The molecule has 136 valence electrons. The number of ether oxygens (including phenoxy) is 1. The van der Waals surface area contributed by atoms with E-state index in [-0.39, 0.29) is 24.8 Å². The van der Waals surface area contributed by atoms with E-state index in [1.807, 2.05) is 0 Å². The molecule has 0 aromatic heterocycles. The number of anilines is 1. The van der Waals surface area contributed by atoms with E-state index in [0.717, 1.165) is 31.5 Å². The van der Waals surface area contributed by atoms with E-state index in [1.54, 1.807) is 24.3 Å². The van der Waals surface area contributed by atoms with Gasteiger partial charge in [-0.2, -0.15) is 0 Å². The average Bonchev–Trinajstić information content (AvgIpc) is 3.13. The summed E-state index contributed by atoms with van der Waals surface area (Å²) in [4.78, 5) is 34.7. The molecule has 1 saturated heterocycles. The highest BCUT2D eigenvalue weighted by molar-refractivity contribution is 5.90. The zero-order chi connectivity index (χ0) is 18.1. The van der Waals surface area contributed by atoms with Gasteiger partial charge in [-0.3, -0.25) is 14.4 Å². The van der Waals surface area contributed by atoms with Gasteiger partial charge < -0.3 is 20.7 Å². The molecule has 1 fully saturated rings. The van der Waals surface area contributed by atoms with Gasteiger partial charge in [-0.25, -0.2) is 0 Å². The summed E-state index contributed by atoms with van der Waals surface area (Å²) in [5.74, 6) is -0.140. The molecule has 1 aliphatic rings. The molecule has 1 aliphatic heterocycles. The van der Waals surface area contributed by atoms with Crippen molar-refractivity contribution in [1.82, 2.24) is 10.6 Å². The summed E-state index contributed by atoms with van der Waals surface area (Å²) in [6.45, 7) is 1.90. The molecule has 3 N–H and O–H groups in total. The van der Waals surface area contributed by atoms with Crippen LogP contribution in [0.3, 0.4) is 0 Å². The molecule has 25 heavy (non-hydrogen) atoms. The second-order valence-electron chi connectivity index (χ2n) is 6.17. The maximum Gasteiger partial charge on any atom is 0.325 e. The lowest BCUT2D eigenvalue weighted by Gasteiger charge is -2.09. The molecule has 0 bridgehead atoms. The molecular formula is C18H25N3O4. The largest absolute Gasteiger partial charge is 0.468 e. The highest BCUT2D eigenvalue weighted by Gasteiger charge is 2.15. The SMILES string of the molecule is COC(=O)CNC(=O)Cc1ccc(NC(=O)CCC2CCNC2)cc1. The molecule has 1 aromatic rings. The van der Waals surface area contributed by atoms with Gasteiger partial charge in [-0.15, -0.1) is 0 Å². The molecule has 0 aliphatic carbocycles. The van der Waals surface area contributed by atoms with Crippen LogP contribution in [0.4, 0.5) is 5.69 Å². The summed E-state index contributed by atoms with van der Waals surface area (Å²) in [5, 5.41) is 8.65. The van der Waals surface area contributed by atoms with Gasteiger partial charge in [0.1, 0.15) is 6.54 Å². The summed E-state index contributed by atoms with van der Waals surface area (Å²) in [5.41, 5.74) is 1.52. The van der Waals surface area contributed by atoms with Crippen LogP contribution in [0.1, 0.15) is 24.8 Å². The fourth-order valence-electron chi connectivity index (χ4n) is 2.72. The van der Waals surface area contributed by atoms with E-state index < -0.39 is 5.97 Å². The fourth-order valence-corrected chi connectivity index (χ4v) is 2.72. The predicted octanol–water partition coefficient (Wildman–Crippen LogP) is 0.847. The Labute approximate surface area is 147 Å². The third-order valence-corrected chi connectivity index (χ3v) is 4.20. The van der Waals surface area contributed by atoms with Gasteiger partial charge in [-0.1, -0.05) is 12.1 Å². The Bertz CT molecular complexity index is 595. The normalized spacial score (nSPS) is 16.3. The zero-order valence-corrected chi connectivity index (χ0v) is 14.5. The lowest BCUT2D eigenvalue weighted by Crippen LogP contribution is -2.31. The third-order valence-electron chi connectivity index (χ3n) is 4.20. The van der Waals surface area contributed by atoms with Crippen molar-refractivity contribution in [3.8, 4) is 0 Å². The molecular weight excluding hydrogens is 322 g/mol. The van der Waals surface area contributed by atoms with E-state index >= 15 is 0 Å². The minimum absolute atomic E-state index is 0.00970. The van der Waals surface area contributed by atoms with E-state index in [1.165, 1.54) is 7.11 Å². The first kappa shape index (κ1) is 18.9. The standard InChI is InChI=1S/C18H25N3O4/c1-25-18(24)12-20-17(23)10-13-2-5-15(6-3-13)21-16(22)7-4-14-8-9-19-11-14/h2-3,5-6,14,19H,4,7-12H2,1H3,(H,20,23)(H,21,22). The summed E-state index contributed by atoms with van der Waals surface area (Å²) < 4.78 is 4.46. The van der Waals surface area contributed by atoms with Crippen LogP contribution < -0.4 is 16.0 Å². The van der Waals surface area contributed by atoms with E-state index in [2.05, 4.69) is 20.7 Å². The topological polar surface area (TPSA) is 96.5 Å². The van der Waals surface area contributed by atoms with Gasteiger partial charge in [0.05, 0.1) is 13.5 Å². The molecule has 1 atom stereocenters. The monoisotopic (exact) mass is 347 g/mol. The number of nitrogens with one attached hydrogen (secondary N) is 3. The maximum absolute atomic E-state index is 12.0. The quantitative estimate of drug-likeness (QED) is 0.606. The second kappa shape index (κ2) is 9.78. The number of amides is 2. The van der Waals surface area contributed by atoms with Crippen molar-refractivity contribution in [2.75, 3.05) is 32.1 Å². The summed E-state index contributed by atoms with van der Waals surface area (Å²) >= 11 is 0. The summed E-state index contributed by atoms with van der Waals surface area (Å²) in [7, 11) is 1.27. The Kier molecular flexibility index (Phi) is 7.40. The predicted molar refractivity (Wildman–Crippen MR) is 94.0 cm³/mol. The lowest BCUT2D eigenvalue weighted by molar-refractivity contribution is -0.141. The average molecular weight is 347 g/mol. The smallest absolute Gasteiger partial charge is 0.325 e. The van der Waals surface area contributed by atoms with Crippen molar-refractivity contribution in [2.45, 2.75) is 25.7 Å². The second-order valence-corrected chi connectivity index (χ2v) is 6.17. The number of rotatable bonds is 8. The van der Waals surface area contributed by atoms with Gasteiger partial charge in [0, 0.05) is 12.1 Å². The Hall–Kier alpha value is -2.41. The molecule has 2 amide bonds.